The van der Waals surface area contributed by atoms with Crippen LogP contribution in [-0.4, -0.2) is 48.2 Å². The van der Waals surface area contributed by atoms with Crippen molar-refractivity contribution in [3.63, 3.8) is 0 Å². The van der Waals surface area contributed by atoms with Crippen molar-refractivity contribution in [2.45, 2.75) is 65.5 Å². The molecule has 0 N–H and O–H groups in total. The Kier molecular flexibility index (Phi) is 15.0. The Morgan fingerprint density at radius 3 is 1.67 bits per heavy atom. The van der Waals surface area contributed by atoms with Gasteiger partial charge in [-0.2, -0.15) is 0 Å². The molecule has 5 heteroatoms. The highest BCUT2D eigenvalue weighted by molar-refractivity contribution is 6.67. The molecular weight excluding hydrogens is 284 g/mol. The number of unbranched alkanes of at least 4 members (excludes halogenated alkanes) is 3. The summed E-state index contributed by atoms with van der Waals surface area (Å²) in [5.41, 5.74) is 0. The average molecular weight is 321 g/mol. The molecule has 0 bridgehead atoms. The number of rotatable bonds is 16. The van der Waals surface area contributed by atoms with E-state index < -0.39 is 8.56 Å². The predicted molar refractivity (Wildman–Crippen MR) is 90.1 cm³/mol. The molecule has 0 aliphatic rings. The van der Waals surface area contributed by atoms with Crippen LogP contribution in [0.2, 0.25) is 12.1 Å². The number of ether oxygens (including phenoxy) is 2. The molecule has 0 aromatic rings. The van der Waals surface area contributed by atoms with Crippen LogP contribution in [0.1, 0.15) is 53.4 Å². The Bertz CT molecular complexity index is 183. The van der Waals surface area contributed by atoms with Gasteiger partial charge in [0.2, 0.25) is 0 Å². The summed E-state index contributed by atoms with van der Waals surface area (Å²) in [5.74, 6) is 0. The Balaban J connectivity index is 4.22. The van der Waals surface area contributed by atoms with Gasteiger partial charge in [0.05, 0.1) is 26.4 Å². The highest BCUT2D eigenvalue weighted by Gasteiger charge is 2.35. The van der Waals surface area contributed by atoms with Crippen LogP contribution >= 0.6 is 0 Å². The van der Waals surface area contributed by atoms with Gasteiger partial charge in [-0.05, 0) is 25.9 Å². The van der Waals surface area contributed by atoms with Gasteiger partial charge in [-0.3, -0.25) is 0 Å². The van der Waals surface area contributed by atoms with E-state index in [1.165, 1.54) is 25.7 Å². The number of hydrogen-bond donors (Lipinski definition) is 0. The molecule has 0 atom stereocenters. The fourth-order valence-electron chi connectivity index (χ4n) is 2.25. The topological polar surface area (TPSA) is 36.9 Å². The van der Waals surface area contributed by atoms with Gasteiger partial charge in [-0.25, -0.2) is 0 Å². The summed E-state index contributed by atoms with van der Waals surface area (Å²) in [4.78, 5) is 0. The molecule has 0 fully saturated rings. The van der Waals surface area contributed by atoms with Crippen LogP contribution < -0.4 is 0 Å². The van der Waals surface area contributed by atoms with Gasteiger partial charge in [-0.15, -0.1) is 0 Å². The SMILES string of the molecule is CCCCCC[Si](CC)(OCCOCC)OCCOCC. The first kappa shape index (κ1) is 21.1. The summed E-state index contributed by atoms with van der Waals surface area (Å²) >= 11 is 0. The summed E-state index contributed by atoms with van der Waals surface area (Å²) in [5, 5.41) is 0. The van der Waals surface area contributed by atoms with E-state index in [2.05, 4.69) is 13.8 Å². The van der Waals surface area contributed by atoms with Gasteiger partial charge >= 0.3 is 8.56 Å². The molecule has 0 saturated heterocycles. The Hall–Kier alpha value is 0.0569. The van der Waals surface area contributed by atoms with Crippen LogP contribution in [0, 0.1) is 0 Å². The van der Waals surface area contributed by atoms with Crippen molar-refractivity contribution in [2.75, 3.05) is 39.6 Å². The largest absolute Gasteiger partial charge is 0.392 e. The molecule has 0 aromatic carbocycles. The normalized spacial score (nSPS) is 12.0. The molecule has 0 aliphatic carbocycles. The predicted octanol–water partition coefficient (Wildman–Crippen LogP) is 4.14. The van der Waals surface area contributed by atoms with Crippen LogP contribution in [-0.2, 0) is 18.3 Å². The second-order valence-electron chi connectivity index (χ2n) is 5.17. The van der Waals surface area contributed by atoms with E-state index in [1.807, 2.05) is 13.8 Å². The molecule has 4 nitrogen and oxygen atoms in total. The van der Waals surface area contributed by atoms with Gasteiger partial charge in [0.15, 0.2) is 0 Å². The van der Waals surface area contributed by atoms with E-state index in [-0.39, 0.29) is 0 Å². The number of hydrogen-bond acceptors (Lipinski definition) is 4. The zero-order valence-corrected chi connectivity index (χ0v) is 15.6. The molecule has 0 saturated carbocycles. The highest BCUT2D eigenvalue weighted by Crippen LogP contribution is 2.22. The smallest absolute Gasteiger partial charge is 0.338 e. The van der Waals surface area contributed by atoms with Crippen LogP contribution in [0.3, 0.4) is 0 Å². The van der Waals surface area contributed by atoms with Crippen molar-refractivity contribution in [3.8, 4) is 0 Å². The lowest BCUT2D eigenvalue weighted by atomic mass is 10.2. The summed E-state index contributed by atoms with van der Waals surface area (Å²) in [7, 11) is -2.08. The molecule has 0 aliphatic heterocycles. The molecule has 0 aromatic heterocycles. The van der Waals surface area contributed by atoms with Crippen LogP contribution in [0.5, 0.6) is 0 Å². The summed E-state index contributed by atoms with van der Waals surface area (Å²) in [6.07, 6.45) is 5.04. The lowest BCUT2D eigenvalue weighted by Crippen LogP contribution is -2.43. The maximum absolute atomic E-state index is 6.18. The first-order valence-electron chi connectivity index (χ1n) is 8.68. The highest BCUT2D eigenvalue weighted by atomic mass is 28.4. The van der Waals surface area contributed by atoms with Gasteiger partial charge in [-0.1, -0.05) is 39.5 Å². The maximum Gasteiger partial charge on any atom is 0.338 e. The summed E-state index contributed by atoms with van der Waals surface area (Å²) in [6.45, 7) is 12.5. The van der Waals surface area contributed by atoms with Gasteiger partial charge in [0.1, 0.15) is 0 Å². The van der Waals surface area contributed by atoms with Gasteiger partial charge in [0, 0.05) is 13.2 Å². The minimum absolute atomic E-state index is 0.649. The zero-order chi connectivity index (χ0) is 15.8. The van der Waals surface area contributed by atoms with Crippen LogP contribution in [0.4, 0.5) is 0 Å². The molecule has 0 rings (SSSR count). The molecule has 128 valence electrons. The van der Waals surface area contributed by atoms with E-state index in [9.17, 15) is 0 Å². The quantitative estimate of drug-likeness (QED) is 0.316. The lowest BCUT2D eigenvalue weighted by Gasteiger charge is -2.30. The molecule has 0 heterocycles. The molecule has 0 spiro atoms. The van der Waals surface area contributed by atoms with Crippen molar-refractivity contribution < 1.29 is 18.3 Å². The van der Waals surface area contributed by atoms with Crippen LogP contribution in [0.15, 0.2) is 0 Å². The van der Waals surface area contributed by atoms with E-state index in [4.69, 9.17) is 18.3 Å². The fraction of sp³-hybridized carbons (Fsp3) is 1.00. The van der Waals surface area contributed by atoms with Gasteiger partial charge < -0.3 is 18.3 Å². The monoisotopic (exact) mass is 320 g/mol. The zero-order valence-electron chi connectivity index (χ0n) is 14.6. The van der Waals surface area contributed by atoms with Crippen molar-refractivity contribution >= 4 is 8.56 Å². The molecular formula is C16H36O4Si. The Morgan fingerprint density at radius 2 is 1.24 bits per heavy atom. The third kappa shape index (κ3) is 11.3. The molecule has 0 unspecified atom stereocenters. The van der Waals surface area contributed by atoms with E-state index >= 15 is 0 Å². The maximum atomic E-state index is 6.18. The molecule has 0 amide bonds. The van der Waals surface area contributed by atoms with E-state index in [1.54, 1.807) is 0 Å². The van der Waals surface area contributed by atoms with Crippen molar-refractivity contribution in [3.05, 3.63) is 0 Å². The molecule has 21 heavy (non-hydrogen) atoms. The van der Waals surface area contributed by atoms with Crippen molar-refractivity contribution in [2.24, 2.45) is 0 Å². The van der Waals surface area contributed by atoms with Crippen molar-refractivity contribution in [1.29, 1.82) is 0 Å². The minimum atomic E-state index is -2.08. The molecule has 0 radical (unpaired) electrons. The standard InChI is InChI=1S/C16H36O4Si/c1-5-9-10-11-16-21(8-4,19-14-12-17-6-2)20-15-13-18-7-3/h5-16H2,1-4H3. The van der Waals surface area contributed by atoms with E-state index in [0.29, 0.717) is 26.4 Å². The second kappa shape index (κ2) is 15.0. The first-order valence-corrected chi connectivity index (χ1v) is 10.9. The average Bonchev–Trinajstić information content (AvgIpc) is 2.51. The minimum Gasteiger partial charge on any atom is -0.392 e. The lowest BCUT2D eigenvalue weighted by molar-refractivity contribution is 0.0643. The second-order valence-corrected chi connectivity index (χ2v) is 8.77. The third-order valence-corrected chi connectivity index (χ3v) is 7.20. The third-order valence-electron chi connectivity index (χ3n) is 3.54. The fourth-order valence-corrected chi connectivity index (χ4v) is 5.08. The Labute approximate surface area is 132 Å². The summed E-state index contributed by atoms with van der Waals surface area (Å²) in [6, 6.07) is 2.08. The Morgan fingerprint density at radius 1 is 0.667 bits per heavy atom. The van der Waals surface area contributed by atoms with E-state index in [0.717, 1.165) is 25.3 Å². The van der Waals surface area contributed by atoms with Crippen LogP contribution in [0.25, 0.3) is 0 Å². The summed E-state index contributed by atoms with van der Waals surface area (Å²) < 4.78 is 23.1. The first-order chi connectivity index (χ1) is 10.2. The van der Waals surface area contributed by atoms with Crippen molar-refractivity contribution in [1.82, 2.24) is 0 Å². The van der Waals surface area contributed by atoms with Gasteiger partial charge in [0.25, 0.3) is 0 Å².